The van der Waals surface area contributed by atoms with E-state index in [-0.39, 0.29) is 11.5 Å². The fraction of sp³-hybridized carbons (Fsp3) is 0.400. The first-order chi connectivity index (χ1) is 13.5. The zero-order chi connectivity index (χ0) is 21.6. The Balaban J connectivity index is 2.13. The van der Waals surface area contributed by atoms with Gasteiger partial charge in [-0.2, -0.15) is 0 Å². The third-order valence-electron chi connectivity index (χ3n) is 5.38. The molecule has 0 saturated heterocycles. The molecule has 2 aromatic carbocycles. The number of aliphatic hydroxyl groups is 1. The first-order valence-corrected chi connectivity index (χ1v) is 10.0. The Morgan fingerprint density at radius 1 is 1.00 bits per heavy atom. The van der Waals surface area contributed by atoms with Crippen molar-refractivity contribution in [2.75, 3.05) is 0 Å². The van der Waals surface area contributed by atoms with Crippen LogP contribution in [0.3, 0.4) is 0 Å². The number of carbonyl (C=O) groups is 1. The zero-order valence-corrected chi connectivity index (χ0v) is 18.3. The van der Waals surface area contributed by atoms with Gasteiger partial charge in [-0.15, -0.1) is 0 Å². The molecule has 3 rings (SSSR count). The lowest BCUT2D eigenvalue weighted by Crippen LogP contribution is -2.49. The molecule has 1 heterocycles. The van der Waals surface area contributed by atoms with Crippen molar-refractivity contribution < 1.29 is 19.4 Å². The van der Waals surface area contributed by atoms with E-state index in [1.807, 2.05) is 51.1 Å². The van der Waals surface area contributed by atoms with Crippen molar-refractivity contribution in [3.8, 4) is 11.5 Å². The van der Waals surface area contributed by atoms with E-state index in [1.165, 1.54) is 5.56 Å². The van der Waals surface area contributed by atoms with Crippen LogP contribution in [-0.4, -0.2) is 22.1 Å². The van der Waals surface area contributed by atoms with Crippen molar-refractivity contribution in [2.24, 2.45) is 0 Å². The predicted octanol–water partition coefficient (Wildman–Crippen LogP) is 6.08. The molecule has 0 amide bonds. The van der Waals surface area contributed by atoms with Crippen LogP contribution in [-0.2, 0) is 16.0 Å². The van der Waals surface area contributed by atoms with Crippen LogP contribution in [0.25, 0.3) is 5.57 Å². The highest BCUT2D eigenvalue weighted by atomic mass is 16.5. The first kappa shape index (κ1) is 21.1. The fourth-order valence-corrected chi connectivity index (χ4v) is 3.89. The molecule has 0 unspecified atom stereocenters. The Kier molecular flexibility index (Phi) is 5.35. The Labute approximate surface area is 173 Å². The average Bonchev–Trinajstić information content (AvgIpc) is 2.62. The van der Waals surface area contributed by atoms with E-state index >= 15 is 0 Å². The summed E-state index contributed by atoms with van der Waals surface area (Å²) < 4.78 is 12.0. The maximum atomic E-state index is 13.2. The van der Waals surface area contributed by atoms with Crippen LogP contribution < -0.4 is 4.74 Å². The minimum Gasteiger partial charge on any atom is -0.508 e. The summed E-state index contributed by atoms with van der Waals surface area (Å²) in [6, 6.07) is 11.7. The molecule has 0 aromatic heterocycles. The summed E-state index contributed by atoms with van der Waals surface area (Å²) in [6.07, 6.45) is 0.727. The van der Waals surface area contributed by atoms with Crippen molar-refractivity contribution in [2.45, 2.75) is 66.1 Å². The smallest absolute Gasteiger partial charge is 0.198 e. The van der Waals surface area contributed by atoms with Crippen LogP contribution in [0.1, 0.15) is 56.9 Å². The number of ketones is 1. The van der Waals surface area contributed by atoms with Crippen molar-refractivity contribution >= 4 is 11.4 Å². The minimum atomic E-state index is -1.03. The van der Waals surface area contributed by atoms with E-state index in [4.69, 9.17) is 9.47 Å². The second kappa shape index (κ2) is 7.34. The Hall–Kier alpha value is -2.59. The van der Waals surface area contributed by atoms with Gasteiger partial charge < -0.3 is 14.6 Å². The fourth-order valence-electron chi connectivity index (χ4n) is 3.89. The van der Waals surface area contributed by atoms with Gasteiger partial charge in [-0.1, -0.05) is 30.7 Å². The van der Waals surface area contributed by atoms with E-state index in [0.29, 0.717) is 16.9 Å². The highest BCUT2D eigenvalue weighted by Crippen LogP contribution is 2.42. The predicted molar refractivity (Wildman–Crippen MR) is 116 cm³/mol. The number of benzene rings is 2. The van der Waals surface area contributed by atoms with Gasteiger partial charge in [0.15, 0.2) is 5.78 Å². The quantitative estimate of drug-likeness (QED) is 0.682. The van der Waals surface area contributed by atoms with Gasteiger partial charge >= 0.3 is 0 Å². The molecule has 1 aliphatic rings. The van der Waals surface area contributed by atoms with E-state index in [9.17, 15) is 9.90 Å². The molecular weight excluding hydrogens is 364 g/mol. The molecular formula is C25H30O4. The largest absolute Gasteiger partial charge is 0.508 e. The van der Waals surface area contributed by atoms with Crippen LogP contribution in [0.15, 0.2) is 42.2 Å². The molecule has 1 aliphatic heterocycles. The maximum absolute atomic E-state index is 13.2. The molecule has 2 aromatic rings. The highest BCUT2D eigenvalue weighted by molar-refractivity contribution is 6.26. The summed E-state index contributed by atoms with van der Waals surface area (Å²) >= 11 is 0. The molecule has 0 radical (unpaired) electrons. The maximum Gasteiger partial charge on any atom is 0.198 e. The number of Topliss-reactive ketones (excluding diaryl/α,β-unsaturated/α-hetero) is 1. The number of carbonyl (C=O) groups excluding carboxylic acids is 1. The van der Waals surface area contributed by atoms with Gasteiger partial charge in [0.2, 0.25) is 0 Å². The number of aryl methyl sites for hydroxylation is 3. The molecule has 0 saturated carbocycles. The molecule has 1 N–H and O–H groups in total. The van der Waals surface area contributed by atoms with Crippen LogP contribution in [0.4, 0.5) is 0 Å². The lowest BCUT2D eigenvalue weighted by atomic mass is 9.81. The number of hydrogen-bond acceptors (Lipinski definition) is 4. The SMILES string of the molecule is CCc1ccc(Oc2ccc(C)cc2C)cc1C1=C(O)C(C)(C)OC(C)(C)C1=O. The van der Waals surface area contributed by atoms with Crippen molar-refractivity contribution in [1.82, 2.24) is 0 Å². The molecule has 0 bridgehead atoms. The molecule has 0 fully saturated rings. The van der Waals surface area contributed by atoms with E-state index < -0.39 is 11.2 Å². The number of hydrogen-bond donors (Lipinski definition) is 1. The molecule has 4 nitrogen and oxygen atoms in total. The number of ether oxygens (including phenoxy) is 2. The van der Waals surface area contributed by atoms with Crippen LogP contribution in [0.5, 0.6) is 11.5 Å². The summed E-state index contributed by atoms with van der Waals surface area (Å²) in [7, 11) is 0. The van der Waals surface area contributed by atoms with Gasteiger partial charge in [-0.3, -0.25) is 4.79 Å². The summed E-state index contributed by atoms with van der Waals surface area (Å²) in [6.45, 7) is 13.1. The van der Waals surface area contributed by atoms with Crippen LogP contribution >= 0.6 is 0 Å². The van der Waals surface area contributed by atoms with E-state index in [2.05, 4.69) is 6.07 Å². The lowest BCUT2D eigenvalue weighted by molar-refractivity contribution is -0.158. The van der Waals surface area contributed by atoms with Gasteiger partial charge in [-0.25, -0.2) is 0 Å². The third kappa shape index (κ3) is 3.95. The van der Waals surface area contributed by atoms with Crippen molar-refractivity contribution in [3.63, 3.8) is 0 Å². The van der Waals surface area contributed by atoms with E-state index in [0.717, 1.165) is 23.3 Å². The highest BCUT2D eigenvalue weighted by Gasteiger charge is 2.47. The topological polar surface area (TPSA) is 55.8 Å². The van der Waals surface area contributed by atoms with Crippen molar-refractivity contribution in [1.29, 1.82) is 0 Å². The third-order valence-corrected chi connectivity index (χ3v) is 5.38. The molecule has 0 spiro atoms. The molecule has 4 heteroatoms. The van der Waals surface area contributed by atoms with Gasteiger partial charge in [0.05, 0.1) is 5.57 Å². The second-order valence-corrected chi connectivity index (χ2v) is 8.72. The normalized spacial score (nSPS) is 18.1. The van der Waals surface area contributed by atoms with Crippen LogP contribution in [0.2, 0.25) is 0 Å². The molecule has 0 aliphatic carbocycles. The summed E-state index contributed by atoms with van der Waals surface area (Å²) in [5, 5.41) is 10.9. The van der Waals surface area contributed by atoms with Gasteiger partial charge in [0.1, 0.15) is 28.5 Å². The zero-order valence-electron chi connectivity index (χ0n) is 18.3. The van der Waals surface area contributed by atoms with Crippen molar-refractivity contribution in [3.05, 3.63) is 64.4 Å². The monoisotopic (exact) mass is 394 g/mol. The van der Waals surface area contributed by atoms with Gasteiger partial charge in [-0.05, 0) is 82.9 Å². The number of aliphatic hydroxyl groups excluding tert-OH is 1. The lowest BCUT2D eigenvalue weighted by Gasteiger charge is -2.40. The van der Waals surface area contributed by atoms with Gasteiger partial charge in [0.25, 0.3) is 0 Å². The molecule has 0 atom stereocenters. The van der Waals surface area contributed by atoms with E-state index in [1.54, 1.807) is 27.7 Å². The Morgan fingerprint density at radius 3 is 2.31 bits per heavy atom. The molecule has 29 heavy (non-hydrogen) atoms. The second-order valence-electron chi connectivity index (χ2n) is 8.72. The van der Waals surface area contributed by atoms with Crippen LogP contribution in [0, 0.1) is 13.8 Å². The summed E-state index contributed by atoms with van der Waals surface area (Å²) in [5.74, 6) is 1.12. The first-order valence-electron chi connectivity index (χ1n) is 10.0. The Morgan fingerprint density at radius 2 is 1.69 bits per heavy atom. The minimum absolute atomic E-state index is 0.0415. The molecule has 154 valence electrons. The summed E-state index contributed by atoms with van der Waals surface area (Å²) in [4.78, 5) is 13.2. The Bertz CT molecular complexity index is 996. The number of rotatable bonds is 4. The summed E-state index contributed by atoms with van der Waals surface area (Å²) in [5.41, 5.74) is 2.21. The average molecular weight is 395 g/mol. The van der Waals surface area contributed by atoms with Gasteiger partial charge in [0, 0.05) is 0 Å². The standard InChI is InChI=1S/C25H30O4/c1-8-17-10-11-18(28-20-12-9-15(2)13-16(20)3)14-19(17)21-22(26)24(4,5)29-25(6,7)23(21)27/h9-14,26H,8H2,1-7H3.